The molecule has 0 saturated heterocycles. The van der Waals surface area contributed by atoms with Gasteiger partial charge in [0.15, 0.2) is 0 Å². The fourth-order valence-electron chi connectivity index (χ4n) is 2.09. The first-order valence-corrected chi connectivity index (χ1v) is 13.7. The van der Waals surface area contributed by atoms with E-state index in [1.54, 1.807) is 0 Å². The van der Waals surface area contributed by atoms with Crippen molar-refractivity contribution in [2.45, 2.75) is 51.5 Å². The van der Waals surface area contributed by atoms with E-state index in [1.165, 1.54) is 12.2 Å². The molecule has 1 unspecified atom stereocenters. The van der Waals surface area contributed by atoms with Crippen molar-refractivity contribution in [1.82, 2.24) is 10.2 Å². The molecule has 1 N–H and O–H groups in total. The molecule has 0 aliphatic carbocycles. The van der Waals surface area contributed by atoms with Crippen LogP contribution in [-0.2, 0) is 0 Å². The Balaban J connectivity index is 2.64. The molecule has 1 heterocycles. The summed E-state index contributed by atoms with van der Waals surface area (Å²) in [6, 6.07) is 1.35. The van der Waals surface area contributed by atoms with Crippen LogP contribution in [-0.4, -0.2) is 39.9 Å². The summed E-state index contributed by atoms with van der Waals surface area (Å²) in [4.78, 5) is 2.55. The Morgan fingerprint density at radius 3 is 2.25 bits per heavy atom. The highest BCUT2D eigenvalue weighted by molar-refractivity contribution is 6.76. The largest absolute Gasteiger partial charge is 0.366 e. The van der Waals surface area contributed by atoms with Gasteiger partial charge in [-0.1, -0.05) is 45.4 Å². The summed E-state index contributed by atoms with van der Waals surface area (Å²) in [6.45, 7) is 15.7. The lowest BCUT2D eigenvalue weighted by Crippen LogP contribution is -2.53. The Labute approximate surface area is 103 Å². The van der Waals surface area contributed by atoms with E-state index >= 15 is 0 Å². The third-order valence-electron chi connectivity index (χ3n) is 2.63. The van der Waals surface area contributed by atoms with Gasteiger partial charge < -0.3 is 4.90 Å². The van der Waals surface area contributed by atoms with Crippen molar-refractivity contribution in [2.75, 3.05) is 12.7 Å². The van der Waals surface area contributed by atoms with E-state index in [0.717, 1.165) is 6.54 Å². The summed E-state index contributed by atoms with van der Waals surface area (Å²) in [5, 5.41) is 3.64. The quantitative estimate of drug-likeness (QED) is 0.778. The predicted molar refractivity (Wildman–Crippen MR) is 79.1 cm³/mol. The molecule has 0 spiro atoms. The first-order chi connectivity index (χ1) is 7.17. The highest BCUT2D eigenvalue weighted by atomic mass is 28.3. The molecule has 0 aromatic rings. The maximum absolute atomic E-state index is 3.64. The van der Waals surface area contributed by atoms with Gasteiger partial charge in [-0.05, 0) is 12.2 Å². The van der Waals surface area contributed by atoms with Crippen molar-refractivity contribution >= 4 is 16.1 Å². The summed E-state index contributed by atoms with van der Waals surface area (Å²) < 4.78 is 0. The molecule has 1 atom stereocenters. The smallest absolute Gasteiger partial charge is 0.0765 e. The minimum Gasteiger partial charge on any atom is -0.366 e. The molecule has 0 amide bonds. The molecule has 0 aromatic heterocycles. The highest BCUT2D eigenvalue weighted by Crippen LogP contribution is 2.18. The minimum atomic E-state index is -1.01. The van der Waals surface area contributed by atoms with E-state index in [0.29, 0.717) is 6.17 Å². The minimum absolute atomic E-state index is 0.586. The van der Waals surface area contributed by atoms with Crippen molar-refractivity contribution in [2.24, 2.45) is 0 Å². The number of hydrogen-bond donors (Lipinski definition) is 1. The van der Waals surface area contributed by atoms with Crippen LogP contribution in [0, 0.1) is 0 Å². The molecule has 1 aliphatic heterocycles. The molecule has 4 heteroatoms. The maximum atomic E-state index is 3.64. The molecule has 0 radical (unpaired) electrons. The fourth-order valence-corrected chi connectivity index (χ4v) is 5.05. The van der Waals surface area contributed by atoms with Crippen LogP contribution in [0.1, 0.15) is 0 Å². The number of nitrogens with zero attached hydrogens (tertiary/aromatic N) is 1. The zero-order chi connectivity index (χ0) is 12.4. The van der Waals surface area contributed by atoms with Crippen molar-refractivity contribution in [3.63, 3.8) is 0 Å². The van der Waals surface area contributed by atoms with Gasteiger partial charge in [0, 0.05) is 20.8 Å². The Bertz CT molecular complexity index is 251. The summed E-state index contributed by atoms with van der Waals surface area (Å²) >= 11 is 0. The van der Waals surface area contributed by atoms with Gasteiger partial charge in [0.05, 0.1) is 14.2 Å². The molecule has 0 saturated carbocycles. The molecule has 1 aliphatic rings. The zero-order valence-corrected chi connectivity index (χ0v) is 13.8. The average molecular weight is 257 g/mol. The Hall–Kier alpha value is -0.0662. The monoisotopic (exact) mass is 256 g/mol. The van der Waals surface area contributed by atoms with Crippen molar-refractivity contribution in [3.05, 3.63) is 12.3 Å². The van der Waals surface area contributed by atoms with Gasteiger partial charge in [-0.3, -0.25) is 5.32 Å². The van der Waals surface area contributed by atoms with E-state index in [9.17, 15) is 0 Å². The number of hydrogen-bond acceptors (Lipinski definition) is 2. The second-order valence-corrected chi connectivity index (χ2v) is 18.3. The SMILES string of the molecule is C[Si](C)(C)CC1NCC=CN1C[Si](C)(C)C. The predicted octanol–water partition coefficient (Wildman–Crippen LogP) is 2.95. The second-order valence-electron chi connectivity index (χ2n) is 7.31. The van der Waals surface area contributed by atoms with E-state index in [2.05, 4.69) is 61.8 Å². The summed E-state index contributed by atoms with van der Waals surface area (Å²) in [5.41, 5.74) is 0. The van der Waals surface area contributed by atoms with Crippen LogP contribution in [0.2, 0.25) is 45.3 Å². The lowest BCUT2D eigenvalue weighted by molar-refractivity contribution is 0.271. The van der Waals surface area contributed by atoms with Crippen molar-refractivity contribution < 1.29 is 0 Å². The van der Waals surface area contributed by atoms with E-state index < -0.39 is 16.1 Å². The van der Waals surface area contributed by atoms with E-state index in [1.807, 2.05) is 0 Å². The molecule has 1 rings (SSSR count). The van der Waals surface area contributed by atoms with Crippen molar-refractivity contribution in [1.29, 1.82) is 0 Å². The summed E-state index contributed by atoms with van der Waals surface area (Å²) in [7, 11) is -2.00. The Morgan fingerprint density at radius 1 is 1.12 bits per heavy atom. The van der Waals surface area contributed by atoms with Gasteiger partial charge in [0.2, 0.25) is 0 Å². The standard InChI is InChI=1S/C12H28N2Si2/c1-15(2,3)10-12-13-8-7-9-14(12)11-16(4,5)6/h7,9,12-13H,8,10-11H2,1-6H3. The van der Waals surface area contributed by atoms with Crippen LogP contribution < -0.4 is 5.32 Å². The van der Waals surface area contributed by atoms with Gasteiger partial charge >= 0.3 is 0 Å². The summed E-state index contributed by atoms with van der Waals surface area (Å²) in [6.07, 6.45) is 6.43. The van der Waals surface area contributed by atoms with Gasteiger partial charge in [0.25, 0.3) is 0 Å². The van der Waals surface area contributed by atoms with Gasteiger partial charge in [-0.2, -0.15) is 0 Å². The molecule has 0 aromatic carbocycles. The molecular weight excluding hydrogens is 228 g/mol. The number of rotatable bonds is 4. The molecule has 94 valence electrons. The lowest BCUT2D eigenvalue weighted by Gasteiger charge is -2.40. The highest BCUT2D eigenvalue weighted by Gasteiger charge is 2.27. The normalized spacial score (nSPS) is 22.6. The van der Waals surface area contributed by atoms with Crippen molar-refractivity contribution in [3.8, 4) is 0 Å². The summed E-state index contributed by atoms with van der Waals surface area (Å²) in [5.74, 6) is 0. The third-order valence-corrected chi connectivity index (χ3v) is 5.56. The Morgan fingerprint density at radius 2 is 1.75 bits per heavy atom. The van der Waals surface area contributed by atoms with Crippen LogP contribution in [0.15, 0.2) is 12.3 Å². The van der Waals surface area contributed by atoms with Crippen LogP contribution in [0.3, 0.4) is 0 Å². The second kappa shape index (κ2) is 5.06. The van der Waals surface area contributed by atoms with Gasteiger partial charge in [0.1, 0.15) is 0 Å². The topological polar surface area (TPSA) is 15.3 Å². The molecule has 0 fully saturated rings. The van der Waals surface area contributed by atoms with Crippen LogP contribution >= 0.6 is 0 Å². The maximum Gasteiger partial charge on any atom is 0.0765 e. The Kier molecular flexibility index (Phi) is 4.43. The fraction of sp³-hybridized carbons (Fsp3) is 0.833. The zero-order valence-electron chi connectivity index (χ0n) is 11.8. The molecule has 0 bridgehead atoms. The first kappa shape index (κ1) is 14.0. The average Bonchev–Trinajstić information content (AvgIpc) is 2.03. The van der Waals surface area contributed by atoms with Gasteiger partial charge in [-0.15, -0.1) is 0 Å². The lowest BCUT2D eigenvalue weighted by atomic mass is 10.4. The van der Waals surface area contributed by atoms with E-state index in [4.69, 9.17) is 0 Å². The van der Waals surface area contributed by atoms with E-state index in [-0.39, 0.29) is 0 Å². The first-order valence-electron chi connectivity index (χ1n) is 6.33. The molecular formula is C12H28N2Si2. The molecule has 16 heavy (non-hydrogen) atoms. The van der Waals surface area contributed by atoms with Crippen LogP contribution in [0.5, 0.6) is 0 Å². The number of nitrogens with one attached hydrogen (secondary N) is 1. The van der Waals surface area contributed by atoms with Gasteiger partial charge in [-0.25, -0.2) is 0 Å². The third kappa shape index (κ3) is 5.32. The van der Waals surface area contributed by atoms with Crippen LogP contribution in [0.25, 0.3) is 0 Å². The molecule has 2 nitrogen and oxygen atoms in total. The van der Waals surface area contributed by atoms with Crippen LogP contribution in [0.4, 0.5) is 0 Å².